The molecule has 2 aromatic carbocycles. The summed E-state index contributed by atoms with van der Waals surface area (Å²) in [6.45, 7) is 6.72. The van der Waals surface area contributed by atoms with Crippen LogP contribution in [-0.4, -0.2) is 22.3 Å². The predicted octanol–water partition coefficient (Wildman–Crippen LogP) is 4.51. The summed E-state index contributed by atoms with van der Waals surface area (Å²) in [4.78, 5) is 19.6. The fraction of sp³-hybridized carbons (Fsp3) is 0.250. The first-order valence-corrected chi connectivity index (χ1v) is 9.71. The van der Waals surface area contributed by atoms with Gasteiger partial charge in [0.2, 0.25) is 0 Å². The lowest BCUT2D eigenvalue weighted by Crippen LogP contribution is -2.31. The molecule has 1 aromatic heterocycles. The molecule has 0 radical (unpaired) electrons. The molecule has 0 saturated heterocycles. The summed E-state index contributed by atoms with van der Waals surface area (Å²) < 4.78 is 0. The number of hydrogen-bond donors (Lipinski definition) is 1. The highest BCUT2D eigenvalue weighted by Gasteiger charge is 2.21. The Kier molecular flexibility index (Phi) is 5.22. The van der Waals surface area contributed by atoms with Gasteiger partial charge >= 0.3 is 0 Å². The molecule has 4 heteroatoms. The van der Waals surface area contributed by atoms with Crippen molar-refractivity contribution in [1.82, 2.24) is 9.88 Å². The molecule has 1 amide bonds. The summed E-state index contributed by atoms with van der Waals surface area (Å²) in [6.07, 6.45) is 4.61. The van der Waals surface area contributed by atoms with Crippen molar-refractivity contribution in [2.75, 3.05) is 11.9 Å². The lowest BCUT2D eigenvalue weighted by atomic mass is 9.99. The highest BCUT2D eigenvalue weighted by Crippen LogP contribution is 2.27. The van der Waals surface area contributed by atoms with Crippen molar-refractivity contribution in [2.45, 2.75) is 33.4 Å². The molecule has 0 unspecified atom stereocenters. The van der Waals surface area contributed by atoms with Gasteiger partial charge in [0, 0.05) is 31.4 Å². The number of pyridine rings is 1. The number of benzene rings is 2. The minimum absolute atomic E-state index is 0.0666. The zero-order valence-electron chi connectivity index (χ0n) is 16.4. The molecule has 4 nitrogen and oxygen atoms in total. The maximum absolute atomic E-state index is 12.8. The Morgan fingerprint density at radius 1 is 1.11 bits per heavy atom. The topological polar surface area (TPSA) is 45.2 Å². The molecular weight excluding hydrogens is 346 g/mol. The van der Waals surface area contributed by atoms with Gasteiger partial charge in [-0.25, -0.2) is 0 Å². The second-order valence-electron chi connectivity index (χ2n) is 7.54. The Balaban J connectivity index is 1.51. The van der Waals surface area contributed by atoms with Crippen LogP contribution in [0.2, 0.25) is 0 Å². The largest absolute Gasteiger partial charge is 0.320 e. The number of carbonyl (C=O) groups is 1. The molecule has 142 valence electrons. The van der Waals surface area contributed by atoms with E-state index >= 15 is 0 Å². The SMILES string of the molecule is Cc1ccc(C)c(C(=O)Nc2cncc3c2CCN(Cc2ccccc2)C3)c1. The molecule has 4 rings (SSSR count). The molecule has 0 bridgehead atoms. The molecule has 0 atom stereocenters. The predicted molar refractivity (Wildman–Crippen MR) is 112 cm³/mol. The molecule has 2 heterocycles. The van der Waals surface area contributed by atoms with E-state index in [9.17, 15) is 4.79 Å². The van der Waals surface area contributed by atoms with Crippen LogP contribution in [-0.2, 0) is 19.5 Å². The number of aromatic nitrogens is 1. The summed E-state index contributed by atoms with van der Waals surface area (Å²) in [5, 5.41) is 3.10. The maximum atomic E-state index is 12.8. The quantitative estimate of drug-likeness (QED) is 0.734. The Morgan fingerprint density at radius 3 is 2.75 bits per heavy atom. The standard InChI is InChI=1S/C24H25N3O/c1-17-8-9-18(2)22(12-17)24(28)26-23-14-25-13-20-16-27(11-10-21(20)23)15-19-6-4-3-5-7-19/h3-9,12-14H,10-11,15-16H2,1-2H3,(H,26,28). The van der Waals surface area contributed by atoms with Crippen LogP contribution in [0, 0.1) is 13.8 Å². The van der Waals surface area contributed by atoms with Gasteiger partial charge in [-0.1, -0.05) is 48.0 Å². The van der Waals surface area contributed by atoms with E-state index in [4.69, 9.17) is 0 Å². The Morgan fingerprint density at radius 2 is 1.93 bits per heavy atom. The number of nitrogens with one attached hydrogen (secondary N) is 1. The third-order valence-corrected chi connectivity index (χ3v) is 5.35. The molecule has 28 heavy (non-hydrogen) atoms. The van der Waals surface area contributed by atoms with E-state index in [0.29, 0.717) is 0 Å². The van der Waals surface area contributed by atoms with Gasteiger partial charge in [0.1, 0.15) is 0 Å². The zero-order chi connectivity index (χ0) is 19.5. The summed E-state index contributed by atoms with van der Waals surface area (Å²) in [5.41, 5.74) is 7.34. The average molecular weight is 371 g/mol. The van der Waals surface area contributed by atoms with Crippen molar-refractivity contribution in [1.29, 1.82) is 0 Å². The number of rotatable bonds is 4. The van der Waals surface area contributed by atoms with Crippen LogP contribution < -0.4 is 5.32 Å². The monoisotopic (exact) mass is 371 g/mol. The van der Waals surface area contributed by atoms with E-state index < -0.39 is 0 Å². The van der Waals surface area contributed by atoms with E-state index in [1.807, 2.05) is 44.3 Å². The van der Waals surface area contributed by atoms with E-state index in [1.54, 1.807) is 6.20 Å². The fourth-order valence-electron chi connectivity index (χ4n) is 3.81. The number of hydrogen-bond acceptors (Lipinski definition) is 3. The second-order valence-corrected chi connectivity index (χ2v) is 7.54. The van der Waals surface area contributed by atoms with Crippen LogP contribution in [0.4, 0.5) is 5.69 Å². The van der Waals surface area contributed by atoms with E-state index in [2.05, 4.69) is 39.5 Å². The van der Waals surface area contributed by atoms with Crippen LogP contribution in [0.3, 0.4) is 0 Å². The van der Waals surface area contributed by atoms with Gasteiger partial charge in [0.25, 0.3) is 5.91 Å². The van der Waals surface area contributed by atoms with E-state index in [-0.39, 0.29) is 5.91 Å². The molecule has 0 aliphatic carbocycles. The summed E-state index contributed by atoms with van der Waals surface area (Å²) >= 11 is 0. The van der Waals surface area contributed by atoms with E-state index in [0.717, 1.165) is 48.4 Å². The lowest BCUT2D eigenvalue weighted by molar-refractivity contribution is 0.102. The minimum Gasteiger partial charge on any atom is -0.320 e. The first kappa shape index (κ1) is 18.4. The van der Waals surface area contributed by atoms with Crippen molar-refractivity contribution < 1.29 is 4.79 Å². The minimum atomic E-state index is -0.0666. The fourth-order valence-corrected chi connectivity index (χ4v) is 3.81. The van der Waals surface area contributed by atoms with Crippen LogP contribution in [0.15, 0.2) is 60.9 Å². The summed E-state index contributed by atoms with van der Waals surface area (Å²) in [5.74, 6) is -0.0666. The number of nitrogens with zero attached hydrogens (tertiary/aromatic N) is 2. The molecular formula is C24H25N3O. The highest BCUT2D eigenvalue weighted by atomic mass is 16.1. The van der Waals surface area contributed by atoms with Gasteiger partial charge in [0.15, 0.2) is 0 Å². The first-order valence-electron chi connectivity index (χ1n) is 9.71. The number of fused-ring (bicyclic) bond motifs is 1. The Bertz CT molecular complexity index is 998. The number of carbonyl (C=O) groups excluding carboxylic acids is 1. The number of amides is 1. The van der Waals surface area contributed by atoms with Gasteiger partial charge in [0.05, 0.1) is 11.9 Å². The third-order valence-electron chi connectivity index (χ3n) is 5.35. The van der Waals surface area contributed by atoms with Crippen LogP contribution >= 0.6 is 0 Å². The molecule has 0 fully saturated rings. The van der Waals surface area contributed by atoms with Crippen molar-refractivity contribution >= 4 is 11.6 Å². The molecule has 1 N–H and O–H groups in total. The molecule has 1 aliphatic rings. The first-order chi connectivity index (χ1) is 13.6. The van der Waals surface area contributed by atoms with Crippen LogP contribution in [0.1, 0.15) is 38.2 Å². The summed E-state index contributed by atoms with van der Waals surface area (Å²) in [6, 6.07) is 16.5. The van der Waals surface area contributed by atoms with E-state index in [1.165, 1.54) is 16.7 Å². The van der Waals surface area contributed by atoms with Gasteiger partial charge in [-0.2, -0.15) is 0 Å². The third kappa shape index (κ3) is 3.97. The van der Waals surface area contributed by atoms with Gasteiger partial charge in [-0.05, 0) is 48.6 Å². The van der Waals surface area contributed by atoms with Gasteiger partial charge in [-0.3, -0.25) is 14.7 Å². The molecule has 1 aliphatic heterocycles. The molecule has 3 aromatic rings. The second kappa shape index (κ2) is 7.95. The zero-order valence-corrected chi connectivity index (χ0v) is 16.4. The average Bonchev–Trinajstić information content (AvgIpc) is 2.70. The van der Waals surface area contributed by atoms with Crippen molar-refractivity contribution in [2.24, 2.45) is 0 Å². The van der Waals surface area contributed by atoms with Crippen molar-refractivity contribution in [3.8, 4) is 0 Å². The van der Waals surface area contributed by atoms with Crippen LogP contribution in [0.5, 0.6) is 0 Å². The van der Waals surface area contributed by atoms with Gasteiger partial charge in [-0.15, -0.1) is 0 Å². The molecule has 0 spiro atoms. The van der Waals surface area contributed by atoms with Gasteiger partial charge < -0.3 is 5.32 Å². The van der Waals surface area contributed by atoms with Crippen molar-refractivity contribution in [3.63, 3.8) is 0 Å². The van der Waals surface area contributed by atoms with Crippen molar-refractivity contribution in [3.05, 3.63) is 94.3 Å². The number of aryl methyl sites for hydroxylation is 2. The smallest absolute Gasteiger partial charge is 0.255 e. The summed E-state index contributed by atoms with van der Waals surface area (Å²) in [7, 11) is 0. The normalized spacial score (nSPS) is 13.8. The highest BCUT2D eigenvalue weighted by molar-refractivity contribution is 6.05. The maximum Gasteiger partial charge on any atom is 0.255 e. The lowest BCUT2D eigenvalue weighted by Gasteiger charge is -2.29. The molecule has 0 saturated carbocycles. The Hall–Kier alpha value is -2.98. The Labute approximate surface area is 166 Å². The van der Waals surface area contributed by atoms with Crippen LogP contribution in [0.25, 0.3) is 0 Å². The number of anilines is 1.